The van der Waals surface area contributed by atoms with Gasteiger partial charge in [0, 0.05) is 0 Å². The first-order chi connectivity index (χ1) is 13.0. The molecule has 1 atom stereocenters. The molecule has 0 saturated heterocycles. The number of fused-ring (bicyclic) bond motifs is 1. The Bertz CT molecular complexity index is 973. The van der Waals surface area contributed by atoms with Gasteiger partial charge in [-0.25, -0.2) is 0 Å². The van der Waals surface area contributed by atoms with Gasteiger partial charge in [-0.15, -0.1) is 11.3 Å². The van der Waals surface area contributed by atoms with Crippen molar-refractivity contribution in [1.82, 2.24) is 16.2 Å². The highest BCUT2D eigenvalue weighted by atomic mass is 32.1. The van der Waals surface area contributed by atoms with Crippen LogP contribution in [0.4, 0.5) is 0 Å². The summed E-state index contributed by atoms with van der Waals surface area (Å²) in [5, 5.41) is 6.39. The molecule has 0 fully saturated rings. The van der Waals surface area contributed by atoms with E-state index in [9.17, 15) is 9.59 Å². The van der Waals surface area contributed by atoms with Crippen molar-refractivity contribution in [2.45, 2.75) is 13.0 Å². The molecule has 3 aromatic rings. The maximum Gasteiger partial charge on any atom is 0.279 e. The molecular formula is C19H17N3O3S2. The fourth-order valence-electron chi connectivity index (χ4n) is 2.32. The van der Waals surface area contributed by atoms with E-state index in [0.29, 0.717) is 10.6 Å². The highest BCUT2D eigenvalue weighted by Gasteiger charge is 2.16. The number of carbonyl (C=O) groups excluding carboxylic acids is 2. The summed E-state index contributed by atoms with van der Waals surface area (Å²) in [6, 6.07) is 17.0. The van der Waals surface area contributed by atoms with Gasteiger partial charge in [0.1, 0.15) is 5.75 Å². The second-order valence-corrected chi connectivity index (χ2v) is 7.00. The number of thiophene rings is 1. The Kier molecular flexibility index (Phi) is 6.00. The van der Waals surface area contributed by atoms with Crippen molar-refractivity contribution >= 4 is 51.3 Å². The van der Waals surface area contributed by atoms with Crippen LogP contribution in [-0.2, 0) is 4.79 Å². The molecule has 0 aliphatic carbocycles. The summed E-state index contributed by atoms with van der Waals surface area (Å²) in [5.74, 6) is -0.169. The third-order valence-corrected chi connectivity index (χ3v) is 4.75. The molecule has 3 rings (SSSR count). The Labute approximate surface area is 165 Å². The Hall–Kier alpha value is -2.97. The number of nitrogens with one attached hydrogen (secondary N) is 3. The van der Waals surface area contributed by atoms with E-state index in [-0.39, 0.29) is 11.0 Å². The first-order valence-electron chi connectivity index (χ1n) is 8.13. The minimum atomic E-state index is -0.755. The molecule has 2 aromatic carbocycles. The van der Waals surface area contributed by atoms with Gasteiger partial charge in [-0.3, -0.25) is 25.8 Å². The third-order valence-electron chi connectivity index (χ3n) is 3.67. The largest absolute Gasteiger partial charge is 0.481 e. The van der Waals surface area contributed by atoms with Gasteiger partial charge in [-0.1, -0.05) is 36.4 Å². The highest BCUT2D eigenvalue weighted by Crippen LogP contribution is 2.21. The molecule has 27 heavy (non-hydrogen) atoms. The van der Waals surface area contributed by atoms with Crippen molar-refractivity contribution < 1.29 is 14.3 Å². The molecule has 0 unspecified atom stereocenters. The number of hydrazine groups is 1. The van der Waals surface area contributed by atoms with Crippen LogP contribution in [0.3, 0.4) is 0 Å². The summed E-state index contributed by atoms with van der Waals surface area (Å²) in [6.45, 7) is 1.62. The molecule has 6 nitrogen and oxygen atoms in total. The lowest BCUT2D eigenvalue weighted by molar-refractivity contribution is -0.127. The summed E-state index contributed by atoms with van der Waals surface area (Å²) < 4.78 is 5.68. The normalized spacial score (nSPS) is 11.4. The topological polar surface area (TPSA) is 79.5 Å². The summed E-state index contributed by atoms with van der Waals surface area (Å²) in [4.78, 5) is 24.6. The van der Waals surface area contributed by atoms with E-state index < -0.39 is 12.0 Å². The van der Waals surface area contributed by atoms with Crippen LogP contribution < -0.4 is 20.9 Å². The van der Waals surface area contributed by atoms with Gasteiger partial charge in [0.25, 0.3) is 11.8 Å². The minimum absolute atomic E-state index is 0.000319. The summed E-state index contributed by atoms with van der Waals surface area (Å²) >= 11 is 6.30. The van der Waals surface area contributed by atoms with Crippen molar-refractivity contribution in [3.8, 4) is 5.75 Å². The number of carbonyl (C=O) groups is 2. The average Bonchev–Trinajstić information content (AvgIpc) is 3.21. The van der Waals surface area contributed by atoms with E-state index in [1.807, 2.05) is 42.5 Å². The van der Waals surface area contributed by atoms with Crippen LogP contribution in [0.5, 0.6) is 5.75 Å². The van der Waals surface area contributed by atoms with Gasteiger partial charge in [0.15, 0.2) is 11.2 Å². The van der Waals surface area contributed by atoms with Crippen LogP contribution in [0, 0.1) is 0 Å². The molecule has 8 heteroatoms. The van der Waals surface area contributed by atoms with E-state index in [0.717, 1.165) is 10.8 Å². The standard InChI is InChI=1S/C19H17N3O3S2/c1-12(25-15-9-8-13-5-2-3-6-14(13)11-15)17(23)21-22-19(26)20-18(24)16-7-4-10-27-16/h2-12H,1H3,(H,21,23)(H2,20,22,24,26)/t12-/m0/s1. The maximum atomic E-state index is 12.2. The number of hydrogen-bond acceptors (Lipinski definition) is 5. The molecule has 1 aromatic heterocycles. The number of hydrogen-bond donors (Lipinski definition) is 3. The number of rotatable bonds is 4. The monoisotopic (exact) mass is 399 g/mol. The fraction of sp³-hybridized carbons (Fsp3) is 0.105. The lowest BCUT2D eigenvalue weighted by atomic mass is 10.1. The van der Waals surface area contributed by atoms with Crippen LogP contribution in [0.2, 0.25) is 0 Å². The lowest BCUT2D eigenvalue weighted by Gasteiger charge is -2.16. The van der Waals surface area contributed by atoms with Gasteiger partial charge < -0.3 is 4.74 Å². The Balaban J connectivity index is 1.49. The van der Waals surface area contributed by atoms with Crippen LogP contribution in [0.25, 0.3) is 10.8 Å². The molecule has 0 aliphatic rings. The van der Waals surface area contributed by atoms with Gasteiger partial charge in [0.2, 0.25) is 0 Å². The zero-order valence-electron chi connectivity index (χ0n) is 14.4. The van der Waals surface area contributed by atoms with Crippen molar-refractivity contribution in [2.24, 2.45) is 0 Å². The van der Waals surface area contributed by atoms with Crippen molar-refractivity contribution in [2.75, 3.05) is 0 Å². The smallest absolute Gasteiger partial charge is 0.279 e. The summed E-state index contributed by atoms with van der Waals surface area (Å²) in [5.41, 5.74) is 4.92. The predicted octanol–water partition coefficient (Wildman–Crippen LogP) is 3.00. The Morgan fingerprint density at radius 3 is 2.56 bits per heavy atom. The van der Waals surface area contributed by atoms with Crippen LogP contribution >= 0.6 is 23.6 Å². The number of thiocarbonyl (C=S) groups is 1. The number of ether oxygens (including phenoxy) is 1. The molecule has 138 valence electrons. The van der Waals surface area contributed by atoms with Crippen molar-refractivity contribution in [3.05, 3.63) is 64.9 Å². The quantitative estimate of drug-likeness (QED) is 0.464. The second-order valence-electron chi connectivity index (χ2n) is 5.64. The van der Waals surface area contributed by atoms with Gasteiger partial charge >= 0.3 is 0 Å². The van der Waals surface area contributed by atoms with E-state index in [1.54, 1.807) is 24.4 Å². The molecule has 1 heterocycles. The van der Waals surface area contributed by atoms with E-state index >= 15 is 0 Å². The second kappa shape index (κ2) is 8.61. The molecule has 0 radical (unpaired) electrons. The van der Waals surface area contributed by atoms with Crippen molar-refractivity contribution in [1.29, 1.82) is 0 Å². The van der Waals surface area contributed by atoms with Crippen LogP contribution in [0.1, 0.15) is 16.6 Å². The molecule has 0 saturated carbocycles. The number of benzene rings is 2. The fourth-order valence-corrected chi connectivity index (χ4v) is 3.08. The van der Waals surface area contributed by atoms with E-state index in [4.69, 9.17) is 17.0 Å². The molecule has 0 aliphatic heterocycles. The SMILES string of the molecule is C[C@H](Oc1ccc2ccccc2c1)C(=O)NNC(=S)NC(=O)c1cccs1. The predicted molar refractivity (Wildman–Crippen MR) is 110 cm³/mol. The van der Waals surface area contributed by atoms with Crippen LogP contribution in [-0.4, -0.2) is 23.0 Å². The van der Waals surface area contributed by atoms with E-state index in [2.05, 4.69) is 16.2 Å². The first kappa shape index (κ1) is 18.8. The molecular weight excluding hydrogens is 382 g/mol. The maximum absolute atomic E-state index is 12.2. The van der Waals surface area contributed by atoms with Gasteiger partial charge in [0.05, 0.1) is 4.88 Å². The van der Waals surface area contributed by atoms with E-state index in [1.165, 1.54) is 11.3 Å². The highest BCUT2D eigenvalue weighted by molar-refractivity contribution is 7.80. The molecule has 0 spiro atoms. The zero-order valence-corrected chi connectivity index (χ0v) is 16.0. The summed E-state index contributed by atoms with van der Waals surface area (Å²) in [7, 11) is 0. The Morgan fingerprint density at radius 1 is 1.04 bits per heavy atom. The number of amides is 2. The first-order valence-corrected chi connectivity index (χ1v) is 9.42. The van der Waals surface area contributed by atoms with Gasteiger partial charge in [-0.2, -0.15) is 0 Å². The van der Waals surface area contributed by atoms with Crippen molar-refractivity contribution in [3.63, 3.8) is 0 Å². The lowest BCUT2D eigenvalue weighted by Crippen LogP contribution is -2.51. The Morgan fingerprint density at radius 2 is 1.81 bits per heavy atom. The molecule has 3 N–H and O–H groups in total. The summed E-state index contributed by atoms with van der Waals surface area (Å²) in [6.07, 6.45) is -0.755. The van der Waals surface area contributed by atoms with Crippen LogP contribution in [0.15, 0.2) is 60.0 Å². The molecule has 2 amide bonds. The average molecular weight is 399 g/mol. The zero-order chi connectivity index (χ0) is 19.2. The minimum Gasteiger partial charge on any atom is -0.481 e. The third kappa shape index (κ3) is 5.02. The van der Waals surface area contributed by atoms with Gasteiger partial charge in [-0.05, 0) is 53.5 Å². The molecule has 0 bridgehead atoms.